The lowest BCUT2D eigenvalue weighted by Gasteiger charge is -2.27. The molecule has 0 saturated carbocycles. The Balaban J connectivity index is 2.40. The molecule has 21 heavy (non-hydrogen) atoms. The van der Waals surface area contributed by atoms with Gasteiger partial charge in [-0.2, -0.15) is 0 Å². The van der Waals surface area contributed by atoms with Crippen LogP contribution in [0.15, 0.2) is 36.4 Å². The van der Waals surface area contributed by atoms with Crippen LogP contribution >= 0.6 is 34.8 Å². The molecule has 2 N–H and O–H groups in total. The van der Waals surface area contributed by atoms with Crippen molar-refractivity contribution < 1.29 is 14.7 Å². The summed E-state index contributed by atoms with van der Waals surface area (Å²) in [6.45, 7) is 3.78. The topological polar surface area (TPSA) is 69.6 Å². The number of carbonyl (C=O) groups is 2. The minimum atomic E-state index is -0.534. The maximum absolute atomic E-state index is 12.3. The van der Waals surface area contributed by atoms with E-state index in [9.17, 15) is 14.7 Å². The normalized spacial score (nSPS) is 17.1. The van der Waals surface area contributed by atoms with Crippen LogP contribution in [0.3, 0.4) is 0 Å². The molecule has 0 bridgehead atoms. The first-order valence-electron chi connectivity index (χ1n) is 5.92. The number of nitrogens with zero attached hydrogens (tertiary/aromatic N) is 1. The third kappa shape index (κ3) is 3.30. The zero-order chi connectivity index (χ0) is 15.6. The van der Waals surface area contributed by atoms with E-state index in [1.54, 1.807) is 12.1 Å². The highest BCUT2D eigenvalue weighted by molar-refractivity contribution is 14.1. The standard InChI is InChI=1S/C14H11IN2O3S/c1-2-5-17-13(20)9(12(19)16-14(17)21)6-8-3-4-11(18)10(15)7-8/h2-4,6-7,18H,1,5H2,(H,16,19,21)/b9-6+. The van der Waals surface area contributed by atoms with Crippen molar-refractivity contribution in [3.63, 3.8) is 0 Å². The number of phenols is 1. The number of amides is 2. The average molecular weight is 414 g/mol. The first kappa shape index (κ1) is 15.6. The zero-order valence-electron chi connectivity index (χ0n) is 10.8. The molecule has 2 rings (SSSR count). The van der Waals surface area contributed by atoms with E-state index >= 15 is 0 Å². The van der Waals surface area contributed by atoms with Crippen LogP contribution < -0.4 is 5.32 Å². The molecule has 1 fully saturated rings. The predicted molar refractivity (Wildman–Crippen MR) is 91.5 cm³/mol. The van der Waals surface area contributed by atoms with Crippen molar-refractivity contribution in [3.05, 3.63) is 45.6 Å². The molecular weight excluding hydrogens is 403 g/mol. The summed E-state index contributed by atoms with van der Waals surface area (Å²) in [7, 11) is 0. The molecule has 0 atom stereocenters. The Hall–Kier alpha value is -1.74. The molecule has 0 radical (unpaired) electrons. The Labute approximate surface area is 140 Å². The van der Waals surface area contributed by atoms with E-state index in [1.807, 2.05) is 22.6 Å². The van der Waals surface area contributed by atoms with E-state index in [1.165, 1.54) is 23.1 Å². The van der Waals surface area contributed by atoms with Gasteiger partial charge in [0.1, 0.15) is 11.3 Å². The molecule has 0 unspecified atom stereocenters. The van der Waals surface area contributed by atoms with Crippen molar-refractivity contribution in [2.45, 2.75) is 0 Å². The van der Waals surface area contributed by atoms with Crippen molar-refractivity contribution in [1.29, 1.82) is 0 Å². The minimum Gasteiger partial charge on any atom is -0.507 e. The molecule has 5 nitrogen and oxygen atoms in total. The molecule has 1 saturated heterocycles. The van der Waals surface area contributed by atoms with Gasteiger partial charge in [-0.3, -0.25) is 19.8 Å². The van der Waals surface area contributed by atoms with E-state index in [2.05, 4.69) is 11.9 Å². The van der Waals surface area contributed by atoms with Gasteiger partial charge in [0.25, 0.3) is 11.8 Å². The maximum atomic E-state index is 12.3. The smallest absolute Gasteiger partial charge is 0.265 e. The van der Waals surface area contributed by atoms with Gasteiger partial charge in [0.05, 0.1) is 3.57 Å². The number of rotatable bonds is 3. The van der Waals surface area contributed by atoms with Gasteiger partial charge in [-0.25, -0.2) is 0 Å². The van der Waals surface area contributed by atoms with Gasteiger partial charge < -0.3 is 5.11 Å². The van der Waals surface area contributed by atoms with Crippen LogP contribution in [0.1, 0.15) is 5.56 Å². The molecule has 1 aromatic carbocycles. The van der Waals surface area contributed by atoms with Crippen molar-refractivity contribution in [2.75, 3.05) is 6.54 Å². The van der Waals surface area contributed by atoms with Crippen LogP contribution in [0.4, 0.5) is 0 Å². The van der Waals surface area contributed by atoms with Gasteiger partial charge in [0, 0.05) is 6.54 Å². The van der Waals surface area contributed by atoms with Gasteiger partial charge in [0.2, 0.25) is 0 Å². The highest BCUT2D eigenvalue weighted by Gasteiger charge is 2.32. The lowest BCUT2D eigenvalue weighted by atomic mass is 10.1. The Kier molecular flexibility index (Phi) is 4.73. The maximum Gasteiger partial charge on any atom is 0.265 e. The van der Waals surface area contributed by atoms with Crippen LogP contribution in [0.25, 0.3) is 6.08 Å². The number of halogens is 1. The van der Waals surface area contributed by atoms with Crippen LogP contribution in [0.5, 0.6) is 5.75 Å². The number of nitrogens with one attached hydrogen (secondary N) is 1. The second-order valence-electron chi connectivity index (χ2n) is 4.23. The molecule has 2 amide bonds. The summed E-state index contributed by atoms with van der Waals surface area (Å²) in [5, 5.41) is 12.0. The fraction of sp³-hybridized carbons (Fsp3) is 0.0714. The quantitative estimate of drug-likeness (QED) is 0.260. The Morgan fingerprint density at radius 1 is 1.43 bits per heavy atom. The number of hydrogen-bond acceptors (Lipinski definition) is 4. The highest BCUT2D eigenvalue weighted by Crippen LogP contribution is 2.22. The van der Waals surface area contributed by atoms with Crippen molar-refractivity contribution in [3.8, 4) is 5.75 Å². The lowest BCUT2D eigenvalue weighted by molar-refractivity contribution is -0.128. The second-order valence-corrected chi connectivity index (χ2v) is 5.78. The Morgan fingerprint density at radius 2 is 2.14 bits per heavy atom. The SMILES string of the molecule is C=CCN1C(=O)/C(=C/c2ccc(O)c(I)c2)C(=O)NC1=S. The van der Waals surface area contributed by atoms with Crippen molar-refractivity contribution >= 4 is 57.8 Å². The first-order valence-corrected chi connectivity index (χ1v) is 7.41. The molecule has 1 heterocycles. The molecule has 1 aliphatic heterocycles. The van der Waals surface area contributed by atoms with E-state index in [4.69, 9.17) is 12.2 Å². The monoisotopic (exact) mass is 414 g/mol. The molecule has 0 aromatic heterocycles. The van der Waals surface area contributed by atoms with E-state index in [0.717, 1.165) is 0 Å². The minimum absolute atomic E-state index is 0.00746. The summed E-state index contributed by atoms with van der Waals surface area (Å²) in [4.78, 5) is 25.5. The number of carbonyl (C=O) groups excluding carboxylic acids is 2. The molecule has 1 aromatic rings. The molecule has 108 valence electrons. The number of phenolic OH excluding ortho intramolecular Hbond substituents is 1. The number of hydrogen-bond donors (Lipinski definition) is 2. The predicted octanol–water partition coefficient (Wildman–Crippen LogP) is 1.81. The largest absolute Gasteiger partial charge is 0.507 e. The molecular formula is C14H11IN2O3S. The summed E-state index contributed by atoms with van der Waals surface area (Å²) in [5.74, 6) is -0.855. The molecule has 0 aliphatic carbocycles. The second kappa shape index (κ2) is 6.35. The summed E-state index contributed by atoms with van der Waals surface area (Å²) in [5.41, 5.74) is 0.633. The van der Waals surface area contributed by atoms with Crippen LogP contribution in [-0.4, -0.2) is 33.5 Å². The fourth-order valence-corrected chi connectivity index (χ4v) is 2.56. The van der Waals surface area contributed by atoms with Crippen LogP contribution in [-0.2, 0) is 9.59 Å². The average Bonchev–Trinajstić information content (AvgIpc) is 2.43. The summed E-state index contributed by atoms with van der Waals surface area (Å²) in [6.07, 6.45) is 3.00. The summed E-state index contributed by atoms with van der Waals surface area (Å²) >= 11 is 6.93. The zero-order valence-corrected chi connectivity index (χ0v) is 13.8. The third-order valence-electron chi connectivity index (χ3n) is 2.78. The fourth-order valence-electron chi connectivity index (χ4n) is 1.77. The van der Waals surface area contributed by atoms with Crippen LogP contribution in [0, 0.1) is 3.57 Å². The van der Waals surface area contributed by atoms with Gasteiger partial charge in [-0.15, -0.1) is 6.58 Å². The summed E-state index contributed by atoms with van der Waals surface area (Å²) < 4.78 is 0.629. The first-order chi connectivity index (χ1) is 9.93. The van der Waals surface area contributed by atoms with E-state index < -0.39 is 11.8 Å². The Morgan fingerprint density at radius 3 is 2.76 bits per heavy atom. The molecule has 1 aliphatic rings. The number of benzene rings is 1. The third-order valence-corrected chi connectivity index (χ3v) is 3.97. The highest BCUT2D eigenvalue weighted by atomic mass is 127. The van der Waals surface area contributed by atoms with Gasteiger partial charge in [-0.1, -0.05) is 12.1 Å². The van der Waals surface area contributed by atoms with E-state index in [-0.39, 0.29) is 23.0 Å². The van der Waals surface area contributed by atoms with Gasteiger partial charge >= 0.3 is 0 Å². The van der Waals surface area contributed by atoms with E-state index in [0.29, 0.717) is 9.13 Å². The summed E-state index contributed by atoms with van der Waals surface area (Å²) in [6, 6.07) is 4.80. The van der Waals surface area contributed by atoms with Crippen molar-refractivity contribution in [1.82, 2.24) is 10.2 Å². The molecule has 0 spiro atoms. The lowest BCUT2D eigenvalue weighted by Crippen LogP contribution is -2.53. The number of thiocarbonyl (C=S) groups is 1. The number of aromatic hydroxyl groups is 1. The molecule has 7 heteroatoms. The van der Waals surface area contributed by atoms with Crippen LogP contribution in [0.2, 0.25) is 0 Å². The Bertz CT molecular complexity index is 685. The van der Waals surface area contributed by atoms with Gasteiger partial charge in [-0.05, 0) is 58.6 Å². The van der Waals surface area contributed by atoms with Gasteiger partial charge in [0.15, 0.2) is 5.11 Å². The van der Waals surface area contributed by atoms with Crippen molar-refractivity contribution in [2.24, 2.45) is 0 Å².